The maximum absolute atomic E-state index is 13.1. The monoisotopic (exact) mass is 348 g/mol. The Morgan fingerprint density at radius 2 is 2.14 bits per heavy atom. The zero-order valence-corrected chi connectivity index (χ0v) is 12.8. The number of nitrogens with zero attached hydrogens (tertiary/aromatic N) is 3. The lowest BCUT2D eigenvalue weighted by Crippen LogP contribution is -2.17. The molecule has 0 atom stereocenters. The molecule has 4 nitrogen and oxygen atoms in total. The summed E-state index contributed by atoms with van der Waals surface area (Å²) >= 11 is 3.35. The molecule has 0 unspecified atom stereocenters. The van der Waals surface area contributed by atoms with Gasteiger partial charge in [-0.15, -0.1) is 0 Å². The topological polar surface area (TPSA) is 42.2 Å². The van der Waals surface area contributed by atoms with E-state index in [4.69, 9.17) is 0 Å². The molecule has 0 aliphatic heterocycles. The number of fused-ring (bicyclic) bond motifs is 1. The normalized spacial score (nSPS) is 11.1. The van der Waals surface area contributed by atoms with Crippen LogP contribution in [0.4, 0.5) is 4.39 Å². The SMILES string of the molecule is Fc1cccc(CCNCc2cnc3cnc(Br)cn23)c1. The van der Waals surface area contributed by atoms with Crippen molar-refractivity contribution in [3.63, 3.8) is 0 Å². The van der Waals surface area contributed by atoms with E-state index in [-0.39, 0.29) is 5.82 Å². The van der Waals surface area contributed by atoms with E-state index in [0.29, 0.717) is 6.54 Å². The second-order valence-electron chi connectivity index (χ2n) is 4.74. The number of hydrogen-bond donors (Lipinski definition) is 1. The summed E-state index contributed by atoms with van der Waals surface area (Å²) in [6, 6.07) is 6.70. The Morgan fingerprint density at radius 3 is 3.00 bits per heavy atom. The van der Waals surface area contributed by atoms with Crippen molar-refractivity contribution in [3.8, 4) is 0 Å². The first-order chi connectivity index (χ1) is 10.2. The van der Waals surface area contributed by atoms with E-state index in [2.05, 4.69) is 31.2 Å². The summed E-state index contributed by atoms with van der Waals surface area (Å²) in [5.41, 5.74) is 2.88. The molecule has 0 fully saturated rings. The molecule has 0 saturated carbocycles. The van der Waals surface area contributed by atoms with Crippen molar-refractivity contribution >= 4 is 21.6 Å². The lowest BCUT2D eigenvalue weighted by Gasteiger charge is -2.05. The van der Waals surface area contributed by atoms with Crippen LogP contribution in [-0.2, 0) is 13.0 Å². The lowest BCUT2D eigenvalue weighted by atomic mass is 10.1. The van der Waals surface area contributed by atoms with E-state index >= 15 is 0 Å². The van der Waals surface area contributed by atoms with Crippen LogP contribution in [0, 0.1) is 5.82 Å². The van der Waals surface area contributed by atoms with Gasteiger partial charge >= 0.3 is 0 Å². The molecule has 0 saturated heterocycles. The molecule has 0 radical (unpaired) electrons. The van der Waals surface area contributed by atoms with Crippen LogP contribution in [0.25, 0.3) is 5.65 Å². The van der Waals surface area contributed by atoms with Crippen molar-refractivity contribution in [2.24, 2.45) is 0 Å². The van der Waals surface area contributed by atoms with Gasteiger partial charge in [-0.1, -0.05) is 12.1 Å². The molecular formula is C15H14BrFN4. The van der Waals surface area contributed by atoms with Gasteiger partial charge in [-0.05, 0) is 46.6 Å². The van der Waals surface area contributed by atoms with Gasteiger partial charge in [0.2, 0.25) is 0 Å². The highest BCUT2D eigenvalue weighted by Gasteiger charge is 2.04. The highest BCUT2D eigenvalue weighted by Crippen LogP contribution is 2.10. The Kier molecular flexibility index (Phi) is 4.26. The third-order valence-electron chi connectivity index (χ3n) is 3.23. The van der Waals surface area contributed by atoms with Crippen molar-refractivity contribution in [2.45, 2.75) is 13.0 Å². The molecule has 0 amide bonds. The molecule has 1 aromatic carbocycles. The minimum Gasteiger partial charge on any atom is -0.311 e. The highest BCUT2D eigenvalue weighted by atomic mass is 79.9. The third-order valence-corrected chi connectivity index (χ3v) is 3.64. The van der Waals surface area contributed by atoms with E-state index in [1.54, 1.807) is 18.3 Å². The summed E-state index contributed by atoms with van der Waals surface area (Å²) in [5.74, 6) is -0.188. The second kappa shape index (κ2) is 6.32. The number of nitrogens with one attached hydrogen (secondary N) is 1. The molecule has 2 aromatic heterocycles. The summed E-state index contributed by atoms with van der Waals surface area (Å²) in [5, 5.41) is 3.35. The minimum atomic E-state index is -0.188. The van der Waals surface area contributed by atoms with Crippen LogP contribution >= 0.6 is 15.9 Å². The average Bonchev–Trinajstić information content (AvgIpc) is 2.86. The van der Waals surface area contributed by atoms with E-state index in [1.165, 1.54) is 6.07 Å². The van der Waals surface area contributed by atoms with Gasteiger partial charge in [0.1, 0.15) is 10.4 Å². The van der Waals surface area contributed by atoms with Gasteiger partial charge < -0.3 is 5.32 Å². The standard InChI is InChI=1S/C15H14BrFN4/c16-14-10-21-13(8-20-15(21)9-19-14)7-18-5-4-11-2-1-3-12(17)6-11/h1-3,6,8-10,18H,4-5,7H2. The molecular weight excluding hydrogens is 335 g/mol. The summed E-state index contributed by atoms with van der Waals surface area (Å²) < 4.78 is 15.8. The summed E-state index contributed by atoms with van der Waals surface area (Å²) in [6.07, 6.45) is 6.24. The molecule has 0 bridgehead atoms. The quantitative estimate of drug-likeness (QED) is 0.720. The largest absolute Gasteiger partial charge is 0.311 e. The Labute approximate surface area is 130 Å². The number of imidazole rings is 1. The van der Waals surface area contributed by atoms with Crippen molar-refractivity contribution in [2.75, 3.05) is 6.54 Å². The number of hydrogen-bond acceptors (Lipinski definition) is 3. The van der Waals surface area contributed by atoms with Crippen LogP contribution in [0.3, 0.4) is 0 Å². The van der Waals surface area contributed by atoms with Crippen molar-refractivity contribution in [3.05, 3.63) is 64.5 Å². The second-order valence-corrected chi connectivity index (χ2v) is 5.56. The maximum Gasteiger partial charge on any atom is 0.155 e. The van der Waals surface area contributed by atoms with Crippen molar-refractivity contribution in [1.29, 1.82) is 0 Å². The zero-order chi connectivity index (χ0) is 14.7. The molecule has 0 spiro atoms. The predicted octanol–water partition coefficient (Wildman–Crippen LogP) is 2.96. The maximum atomic E-state index is 13.1. The van der Waals surface area contributed by atoms with E-state index in [9.17, 15) is 4.39 Å². The van der Waals surface area contributed by atoms with Gasteiger partial charge in [-0.2, -0.15) is 0 Å². The third kappa shape index (κ3) is 3.46. The molecule has 108 valence electrons. The van der Waals surface area contributed by atoms with Gasteiger partial charge in [-0.25, -0.2) is 14.4 Å². The lowest BCUT2D eigenvalue weighted by molar-refractivity contribution is 0.622. The molecule has 21 heavy (non-hydrogen) atoms. The molecule has 3 rings (SSSR count). The van der Waals surface area contributed by atoms with Crippen LogP contribution in [0.5, 0.6) is 0 Å². The molecule has 6 heteroatoms. The number of benzene rings is 1. The number of halogens is 2. The highest BCUT2D eigenvalue weighted by molar-refractivity contribution is 9.10. The zero-order valence-electron chi connectivity index (χ0n) is 11.3. The average molecular weight is 349 g/mol. The number of rotatable bonds is 5. The van der Waals surface area contributed by atoms with E-state index in [1.807, 2.05) is 22.9 Å². The molecule has 0 aliphatic rings. The molecule has 3 aromatic rings. The fourth-order valence-electron chi connectivity index (χ4n) is 2.19. The Balaban J connectivity index is 1.58. The smallest absolute Gasteiger partial charge is 0.155 e. The van der Waals surface area contributed by atoms with Crippen LogP contribution in [0.2, 0.25) is 0 Å². The summed E-state index contributed by atoms with van der Waals surface area (Å²) in [6.45, 7) is 1.48. The fourth-order valence-corrected chi connectivity index (χ4v) is 2.50. The van der Waals surface area contributed by atoms with E-state index < -0.39 is 0 Å². The molecule has 0 aliphatic carbocycles. The Hall–Kier alpha value is -1.79. The van der Waals surface area contributed by atoms with E-state index in [0.717, 1.165) is 34.5 Å². The van der Waals surface area contributed by atoms with Gasteiger partial charge in [0.25, 0.3) is 0 Å². The predicted molar refractivity (Wildman–Crippen MR) is 82.5 cm³/mol. The first-order valence-corrected chi connectivity index (χ1v) is 7.44. The van der Waals surface area contributed by atoms with Crippen molar-refractivity contribution in [1.82, 2.24) is 19.7 Å². The Morgan fingerprint density at radius 1 is 1.24 bits per heavy atom. The molecule has 2 heterocycles. The Bertz CT molecular complexity index is 756. The fraction of sp³-hybridized carbons (Fsp3) is 0.200. The van der Waals surface area contributed by atoms with Crippen LogP contribution < -0.4 is 5.32 Å². The summed E-state index contributed by atoms with van der Waals surface area (Å²) in [7, 11) is 0. The first kappa shape index (κ1) is 14.2. The van der Waals surface area contributed by atoms with Gasteiger partial charge in [-0.3, -0.25) is 4.40 Å². The van der Waals surface area contributed by atoms with Crippen LogP contribution in [-0.4, -0.2) is 20.9 Å². The van der Waals surface area contributed by atoms with Crippen molar-refractivity contribution < 1.29 is 4.39 Å². The summed E-state index contributed by atoms with van der Waals surface area (Å²) in [4.78, 5) is 8.44. The van der Waals surface area contributed by atoms with Gasteiger partial charge in [0.15, 0.2) is 5.65 Å². The number of aromatic nitrogens is 3. The van der Waals surface area contributed by atoms with Crippen LogP contribution in [0.1, 0.15) is 11.3 Å². The molecule has 1 N–H and O–H groups in total. The van der Waals surface area contributed by atoms with Gasteiger partial charge in [0.05, 0.1) is 18.1 Å². The van der Waals surface area contributed by atoms with Gasteiger partial charge in [0, 0.05) is 12.7 Å². The first-order valence-electron chi connectivity index (χ1n) is 6.65. The minimum absolute atomic E-state index is 0.188. The van der Waals surface area contributed by atoms with Crippen LogP contribution in [0.15, 0.2) is 47.5 Å².